The van der Waals surface area contributed by atoms with Crippen LogP contribution in [0, 0.1) is 0 Å². The Morgan fingerprint density at radius 2 is 2.40 bits per heavy atom. The van der Waals surface area contributed by atoms with Crippen LogP contribution in [0.1, 0.15) is 5.69 Å². The van der Waals surface area contributed by atoms with Gasteiger partial charge in [0.2, 0.25) is 5.91 Å². The molecule has 0 radical (unpaired) electrons. The number of nitrogens with zero attached hydrogens (tertiary/aromatic N) is 1. The molecule has 1 amide bonds. The second-order valence-electron chi connectivity index (χ2n) is 3.13. The first-order valence-corrected chi connectivity index (χ1v) is 5.18. The smallest absolute Gasteiger partial charge is 0.223 e. The molecule has 0 aliphatic rings. The Hall–Kier alpha value is -1.62. The molecule has 5 heteroatoms. The van der Waals surface area contributed by atoms with Crippen molar-refractivity contribution in [3.63, 3.8) is 0 Å². The SMILES string of the molecule is COc1ccc2c(CC(N)=O)nsc2c1. The standard InChI is InChI=1S/C10H10N2O2S/c1-14-6-2-3-7-8(5-10(11)13)12-15-9(7)4-6/h2-4H,5H2,1H3,(H2,11,13). The van der Waals surface area contributed by atoms with E-state index in [4.69, 9.17) is 10.5 Å². The minimum absolute atomic E-state index is 0.187. The third kappa shape index (κ3) is 1.92. The normalized spacial score (nSPS) is 10.5. The maximum Gasteiger partial charge on any atom is 0.223 e. The molecule has 2 N–H and O–H groups in total. The molecule has 0 aliphatic heterocycles. The van der Waals surface area contributed by atoms with Gasteiger partial charge in [0.15, 0.2) is 0 Å². The molecule has 0 aliphatic carbocycles. The zero-order valence-electron chi connectivity index (χ0n) is 8.19. The topological polar surface area (TPSA) is 65.2 Å². The van der Waals surface area contributed by atoms with E-state index >= 15 is 0 Å². The summed E-state index contributed by atoms with van der Waals surface area (Å²) in [6.45, 7) is 0. The fraction of sp³-hybridized carbons (Fsp3) is 0.200. The fourth-order valence-corrected chi connectivity index (χ4v) is 2.21. The number of methoxy groups -OCH3 is 1. The lowest BCUT2D eigenvalue weighted by atomic mass is 10.2. The monoisotopic (exact) mass is 222 g/mol. The van der Waals surface area contributed by atoms with Crippen LogP contribution in [0.4, 0.5) is 0 Å². The molecule has 0 saturated heterocycles. The summed E-state index contributed by atoms with van der Waals surface area (Å²) in [5, 5.41) is 0.972. The molecule has 0 spiro atoms. The highest BCUT2D eigenvalue weighted by molar-refractivity contribution is 7.13. The lowest BCUT2D eigenvalue weighted by Crippen LogP contribution is -2.13. The number of hydrogen-bond acceptors (Lipinski definition) is 4. The number of carbonyl (C=O) groups is 1. The first-order chi connectivity index (χ1) is 7.20. The van der Waals surface area contributed by atoms with Gasteiger partial charge in [0.05, 0.1) is 23.9 Å². The predicted octanol–water partition coefficient (Wildman–Crippen LogP) is 1.33. The average Bonchev–Trinajstić information content (AvgIpc) is 2.60. The van der Waals surface area contributed by atoms with Crippen LogP contribution in [0.25, 0.3) is 10.1 Å². The van der Waals surface area contributed by atoms with Crippen molar-refractivity contribution < 1.29 is 9.53 Å². The third-order valence-corrected chi connectivity index (χ3v) is 2.94. The molecule has 0 fully saturated rings. The van der Waals surface area contributed by atoms with Crippen molar-refractivity contribution in [1.82, 2.24) is 4.37 Å². The number of carbonyl (C=O) groups excluding carboxylic acids is 1. The molecule has 0 saturated carbocycles. The largest absolute Gasteiger partial charge is 0.497 e. The van der Waals surface area contributed by atoms with Crippen LogP contribution < -0.4 is 10.5 Å². The summed E-state index contributed by atoms with van der Waals surface area (Å²) in [6, 6.07) is 5.65. The van der Waals surface area contributed by atoms with E-state index in [-0.39, 0.29) is 12.3 Å². The summed E-state index contributed by atoms with van der Waals surface area (Å²) in [5.41, 5.74) is 5.87. The van der Waals surface area contributed by atoms with Crippen LogP contribution in [-0.4, -0.2) is 17.4 Å². The van der Waals surface area contributed by atoms with Gasteiger partial charge in [0.1, 0.15) is 5.75 Å². The Kier molecular flexibility index (Phi) is 2.55. The summed E-state index contributed by atoms with van der Waals surface area (Å²) in [4.78, 5) is 10.8. The predicted molar refractivity (Wildman–Crippen MR) is 59.1 cm³/mol. The lowest BCUT2D eigenvalue weighted by molar-refractivity contribution is -0.117. The number of benzene rings is 1. The molecule has 15 heavy (non-hydrogen) atoms. The van der Waals surface area contributed by atoms with Crippen LogP contribution >= 0.6 is 11.5 Å². The molecule has 4 nitrogen and oxygen atoms in total. The minimum Gasteiger partial charge on any atom is -0.497 e. The summed E-state index contributed by atoms with van der Waals surface area (Å²) >= 11 is 1.35. The van der Waals surface area contributed by atoms with Crippen molar-refractivity contribution in [2.45, 2.75) is 6.42 Å². The van der Waals surface area contributed by atoms with E-state index in [1.807, 2.05) is 18.2 Å². The molecule has 1 aromatic heterocycles. The Morgan fingerprint density at radius 1 is 1.60 bits per heavy atom. The van der Waals surface area contributed by atoms with Crippen LogP contribution in [0.15, 0.2) is 18.2 Å². The van der Waals surface area contributed by atoms with Gasteiger partial charge in [-0.1, -0.05) is 0 Å². The lowest BCUT2D eigenvalue weighted by Gasteiger charge is -1.98. The Morgan fingerprint density at radius 3 is 3.07 bits per heavy atom. The van der Waals surface area contributed by atoms with Gasteiger partial charge in [0, 0.05) is 5.39 Å². The van der Waals surface area contributed by atoms with Crippen LogP contribution in [0.3, 0.4) is 0 Å². The molecule has 2 aromatic rings. The van der Waals surface area contributed by atoms with Crippen LogP contribution in [-0.2, 0) is 11.2 Å². The number of ether oxygens (including phenoxy) is 1. The van der Waals surface area contributed by atoms with Crippen molar-refractivity contribution in [3.8, 4) is 5.75 Å². The average molecular weight is 222 g/mol. The van der Waals surface area contributed by atoms with Gasteiger partial charge in [-0.15, -0.1) is 0 Å². The number of fused-ring (bicyclic) bond motifs is 1. The molecule has 1 aromatic carbocycles. The van der Waals surface area contributed by atoms with E-state index in [0.717, 1.165) is 21.5 Å². The van der Waals surface area contributed by atoms with Gasteiger partial charge in [-0.3, -0.25) is 4.79 Å². The number of amides is 1. The van der Waals surface area contributed by atoms with Gasteiger partial charge in [-0.05, 0) is 29.7 Å². The highest BCUT2D eigenvalue weighted by Crippen LogP contribution is 2.27. The van der Waals surface area contributed by atoms with E-state index < -0.39 is 0 Å². The molecule has 0 unspecified atom stereocenters. The molecule has 0 bridgehead atoms. The second kappa shape index (κ2) is 3.86. The van der Waals surface area contributed by atoms with E-state index in [0.29, 0.717) is 0 Å². The molecule has 78 valence electrons. The summed E-state index contributed by atoms with van der Waals surface area (Å²) in [7, 11) is 1.62. The molecule has 0 atom stereocenters. The maximum atomic E-state index is 10.8. The van der Waals surface area contributed by atoms with Gasteiger partial charge >= 0.3 is 0 Å². The van der Waals surface area contributed by atoms with Crippen molar-refractivity contribution >= 4 is 27.5 Å². The summed E-state index contributed by atoms with van der Waals surface area (Å²) < 4.78 is 10.3. The zero-order chi connectivity index (χ0) is 10.8. The third-order valence-electron chi connectivity index (χ3n) is 2.10. The van der Waals surface area contributed by atoms with E-state index in [9.17, 15) is 4.79 Å². The fourth-order valence-electron chi connectivity index (χ4n) is 1.39. The Balaban J connectivity index is 2.47. The van der Waals surface area contributed by atoms with Crippen LogP contribution in [0.5, 0.6) is 5.75 Å². The first-order valence-electron chi connectivity index (χ1n) is 4.41. The minimum atomic E-state index is -0.363. The second-order valence-corrected chi connectivity index (χ2v) is 3.94. The Bertz CT molecular complexity index is 507. The van der Waals surface area contributed by atoms with E-state index in [1.54, 1.807) is 7.11 Å². The quantitative estimate of drug-likeness (QED) is 0.852. The van der Waals surface area contributed by atoms with Gasteiger partial charge < -0.3 is 10.5 Å². The van der Waals surface area contributed by atoms with Gasteiger partial charge in [-0.2, -0.15) is 4.37 Å². The van der Waals surface area contributed by atoms with Crippen molar-refractivity contribution in [2.75, 3.05) is 7.11 Å². The van der Waals surface area contributed by atoms with Gasteiger partial charge in [0.25, 0.3) is 0 Å². The van der Waals surface area contributed by atoms with Gasteiger partial charge in [-0.25, -0.2) is 0 Å². The maximum absolute atomic E-state index is 10.8. The summed E-state index contributed by atoms with van der Waals surface area (Å²) in [5.74, 6) is 0.426. The molecular formula is C10H10N2O2S. The zero-order valence-corrected chi connectivity index (χ0v) is 9.00. The van der Waals surface area contributed by atoms with Crippen molar-refractivity contribution in [3.05, 3.63) is 23.9 Å². The number of rotatable bonds is 3. The molecule has 1 heterocycles. The van der Waals surface area contributed by atoms with E-state index in [1.165, 1.54) is 11.5 Å². The highest BCUT2D eigenvalue weighted by atomic mass is 32.1. The van der Waals surface area contributed by atoms with Crippen LogP contribution in [0.2, 0.25) is 0 Å². The Labute approximate surface area is 90.8 Å². The number of hydrogen-bond donors (Lipinski definition) is 1. The molecule has 2 rings (SSSR count). The summed E-state index contributed by atoms with van der Waals surface area (Å²) in [6.07, 6.45) is 0.187. The number of nitrogens with two attached hydrogens (primary N) is 1. The number of primary amides is 1. The number of aromatic nitrogens is 1. The van der Waals surface area contributed by atoms with E-state index in [2.05, 4.69) is 4.37 Å². The van der Waals surface area contributed by atoms with Crippen molar-refractivity contribution in [2.24, 2.45) is 5.73 Å². The molecular weight excluding hydrogens is 212 g/mol. The van der Waals surface area contributed by atoms with Crippen molar-refractivity contribution in [1.29, 1.82) is 0 Å². The first kappa shape index (κ1) is 9.92. The highest BCUT2D eigenvalue weighted by Gasteiger charge is 2.09.